The molecular formula is C24H23BN6O. The highest BCUT2D eigenvalue weighted by molar-refractivity contribution is 6.76. The number of anilines is 4. The molecule has 32 heavy (non-hydrogen) atoms. The molecule has 0 radical (unpaired) electrons. The molecule has 1 aromatic carbocycles. The summed E-state index contributed by atoms with van der Waals surface area (Å²) in [7, 11) is 2.11. The van der Waals surface area contributed by atoms with Crippen LogP contribution in [0.2, 0.25) is 0 Å². The Bertz CT molecular complexity index is 1370. The number of pyridine rings is 1. The van der Waals surface area contributed by atoms with Crippen molar-refractivity contribution in [1.82, 2.24) is 15.0 Å². The van der Waals surface area contributed by atoms with E-state index < -0.39 is 0 Å². The molecule has 0 amide bonds. The molecule has 5 heterocycles. The lowest BCUT2D eigenvalue weighted by atomic mass is 9.61. The summed E-state index contributed by atoms with van der Waals surface area (Å²) in [5.41, 5.74) is 4.94. The van der Waals surface area contributed by atoms with Gasteiger partial charge in [-0.25, -0.2) is 15.0 Å². The summed E-state index contributed by atoms with van der Waals surface area (Å²) < 4.78 is 6.12. The van der Waals surface area contributed by atoms with Crippen LogP contribution < -0.4 is 14.5 Å². The SMILES string of the molecule is CC1=Cc2oc3nc(C)ccc3c2N(C)B1N1c2nccnc2N(c2ccccc2)[C@@H]1C. The molecule has 1 atom stereocenters. The molecule has 2 aliphatic rings. The van der Waals surface area contributed by atoms with Crippen LogP contribution in [0, 0.1) is 6.92 Å². The van der Waals surface area contributed by atoms with E-state index in [1.807, 2.05) is 19.1 Å². The fraction of sp³-hybridized carbons (Fsp3) is 0.208. The smallest absolute Gasteiger partial charge is 0.409 e. The van der Waals surface area contributed by atoms with Crippen molar-refractivity contribution in [3.63, 3.8) is 0 Å². The fourth-order valence-electron chi connectivity index (χ4n) is 5.05. The minimum absolute atomic E-state index is 0.0192. The van der Waals surface area contributed by atoms with Crippen LogP contribution >= 0.6 is 0 Å². The predicted octanol–water partition coefficient (Wildman–Crippen LogP) is 4.81. The maximum atomic E-state index is 6.12. The number of benzene rings is 1. The number of para-hydroxylation sites is 1. The van der Waals surface area contributed by atoms with Gasteiger partial charge in [-0.15, -0.1) is 0 Å². The highest BCUT2D eigenvalue weighted by Crippen LogP contribution is 2.45. The molecule has 0 bridgehead atoms. The van der Waals surface area contributed by atoms with E-state index in [-0.39, 0.29) is 13.1 Å². The number of fused-ring (bicyclic) bond motifs is 4. The highest BCUT2D eigenvalue weighted by Gasteiger charge is 2.47. The molecule has 0 saturated carbocycles. The van der Waals surface area contributed by atoms with Crippen LogP contribution in [0.3, 0.4) is 0 Å². The molecule has 0 spiro atoms. The standard InChI is InChI=1S/C24H23BN6O/c1-15-14-20-21(19-11-10-16(2)28-24(19)32-20)29(4)25(15)31-17(3)30(18-8-6-5-7-9-18)22-23(31)27-13-12-26-22/h5-14,17H,1-4H3/t17-/m0/s1. The number of aryl methyl sites for hydroxylation is 1. The van der Waals surface area contributed by atoms with E-state index in [2.05, 4.69) is 76.8 Å². The maximum Gasteiger partial charge on any atom is 0.409 e. The minimum atomic E-state index is -0.0382. The number of hydrogen-bond acceptors (Lipinski definition) is 7. The Labute approximate surface area is 187 Å². The van der Waals surface area contributed by atoms with Gasteiger partial charge in [0.15, 0.2) is 17.4 Å². The number of furan rings is 1. The van der Waals surface area contributed by atoms with Crippen LogP contribution in [-0.2, 0) is 0 Å². The summed E-state index contributed by atoms with van der Waals surface area (Å²) >= 11 is 0. The zero-order valence-electron chi connectivity index (χ0n) is 18.5. The van der Waals surface area contributed by atoms with Gasteiger partial charge in [0.25, 0.3) is 0 Å². The van der Waals surface area contributed by atoms with Crippen molar-refractivity contribution in [2.45, 2.75) is 26.9 Å². The second-order valence-corrected chi connectivity index (χ2v) is 8.44. The van der Waals surface area contributed by atoms with Gasteiger partial charge in [-0.05, 0) is 58.2 Å². The van der Waals surface area contributed by atoms with Gasteiger partial charge < -0.3 is 18.9 Å². The normalized spacial score (nSPS) is 17.6. The summed E-state index contributed by atoms with van der Waals surface area (Å²) in [6, 6.07) is 14.5. The van der Waals surface area contributed by atoms with Crippen LogP contribution in [0.5, 0.6) is 0 Å². The van der Waals surface area contributed by atoms with Gasteiger partial charge in [-0.2, -0.15) is 0 Å². The van der Waals surface area contributed by atoms with Crippen molar-refractivity contribution in [2.75, 3.05) is 21.6 Å². The highest BCUT2D eigenvalue weighted by atomic mass is 16.3. The zero-order chi connectivity index (χ0) is 22.0. The van der Waals surface area contributed by atoms with E-state index >= 15 is 0 Å². The molecule has 2 aliphatic heterocycles. The molecule has 3 aromatic heterocycles. The second kappa shape index (κ2) is 6.85. The van der Waals surface area contributed by atoms with Crippen LogP contribution in [0.4, 0.5) is 23.0 Å². The molecule has 0 aliphatic carbocycles. The third-order valence-corrected chi connectivity index (χ3v) is 6.39. The third kappa shape index (κ3) is 2.59. The van der Waals surface area contributed by atoms with Crippen molar-refractivity contribution in [2.24, 2.45) is 0 Å². The van der Waals surface area contributed by atoms with E-state index in [0.717, 1.165) is 39.9 Å². The molecular weight excluding hydrogens is 399 g/mol. The van der Waals surface area contributed by atoms with E-state index in [1.165, 1.54) is 5.47 Å². The van der Waals surface area contributed by atoms with Crippen molar-refractivity contribution in [3.05, 3.63) is 71.8 Å². The van der Waals surface area contributed by atoms with E-state index in [4.69, 9.17) is 14.4 Å². The summed E-state index contributed by atoms with van der Waals surface area (Å²) in [6.45, 7) is 6.28. The topological polar surface area (TPSA) is 61.5 Å². The van der Waals surface area contributed by atoms with Gasteiger partial charge in [0.05, 0.1) is 17.2 Å². The first-order valence-electron chi connectivity index (χ1n) is 10.8. The Kier molecular flexibility index (Phi) is 4.05. The van der Waals surface area contributed by atoms with E-state index in [0.29, 0.717) is 5.71 Å². The van der Waals surface area contributed by atoms with Crippen molar-refractivity contribution in [1.29, 1.82) is 0 Å². The number of nitrogens with zero attached hydrogens (tertiary/aromatic N) is 6. The minimum Gasteiger partial charge on any atom is -0.436 e. The first-order valence-corrected chi connectivity index (χ1v) is 10.8. The number of hydrogen-bond donors (Lipinski definition) is 0. The quantitative estimate of drug-likeness (QED) is 0.430. The average Bonchev–Trinajstić information content (AvgIpc) is 3.28. The van der Waals surface area contributed by atoms with Gasteiger partial charge in [-0.3, -0.25) is 0 Å². The largest absolute Gasteiger partial charge is 0.436 e. The molecule has 0 saturated heterocycles. The molecule has 8 heteroatoms. The average molecular weight is 422 g/mol. The van der Waals surface area contributed by atoms with Crippen molar-refractivity contribution < 1.29 is 4.42 Å². The Hall–Kier alpha value is -3.81. The van der Waals surface area contributed by atoms with Crippen LogP contribution in [0.25, 0.3) is 17.2 Å². The summed E-state index contributed by atoms with van der Waals surface area (Å²) in [5.74, 6) is 2.59. The molecule has 4 aromatic rings. The summed E-state index contributed by atoms with van der Waals surface area (Å²) in [5, 5.41) is 1.02. The van der Waals surface area contributed by atoms with Gasteiger partial charge in [-0.1, -0.05) is 23.7 Å². The van der Waals surface area contributed by atoms with Gasteiger partial charge in [0.1, 0.15) is 0 Å². The first kappa shape index (κ1) is 18.9. The Balaban J connectivity index is 1.49. The molecule has 7 nitrogen and oxygen atoms in total. The lowest BCUT2D eigenvalue weighted by molar-refractivity contribution is 0.590. The van der Waals surface area contributed by atoms with Crippen LogP contribution in [-0.4, -0.2) is 35.1 Å². The van der Waals surface area contributed by atoms with Gasteiger partial charge in [0.2, 0.25) is 5.71 Å². The molecule has 6 rings (SSSR count). The number of allylic oxidation sites excluding steroid dienone is 1. The number of aromatic nitrogens is 3. The lowest BCUT2D eigenvalue weighted by Gasteiger charge is -2.40. The maximum absolute atomic E-state index is 6.12. The Morgan fingerprint density at radius 2 is 1.72 bits per heavy atom. The van der Waals surface area contributed by atoms with Crippen molar-refractivity contribution in [3.8, 4) is 0 Å². The Morgan fingerprint density at radius 1 is 0.969 bits per heavy atom. The Morgan fingerprint density at radius 3 is 2.50 bits per heavy atom. The summed E-state index contributed by atoms with van der Waals surface area (Å²) in [6.07, 6.45) is 5.67. The number of rotatable bonds is 2. The van der Waals surface area contributed by atoms with Gasteiger partial charge in [0, 0.05) is 23.8 Å². The van der Waals surface area contributed by atoms with E-state index in [9.17, 15) is 0 Å². The monoisotopic (exact) mass is 422 g/mol. The zero-order valence-corrected chi connectivity index (χ0v) is 18.5. The van der Waals surface area contributed by atoms with Crippen molar-refractivity contribution >= 4 is 47.2 Å². The fourth-order valence-corrected chi connectivity index (χ4v) is 5.05. The third-order valence-electron chi connectivity index (χ3n) is 6.39. The lowest BCUT2D eigenvalue weighted by Crippen LogP contribution is -2.58. The van der Waals surface area contributed by atoms with E-state index in [1.54, 1.807) is 12.4 Å². The van der Waals surface area contributed by atoms with Crippen LogP contribution in [0.1, 0.15) is 25.3 Å². The molecule has 0 unspecified atom stereocenters. The molecule has 0 fully saturated rings. The second-order valence-electron chi connectivity index (χ2n) is 8.44. The van der Waals surface area contributed by atoms with Crippen LogP contribution in [0.15, 0.2) is 64.7 Å². The summed E-state index contributed by atoms with van der Waals surface area (Å²) in [4.78, 5) is 20.9. The van der Waals surface area contributed by atoms with Gasteiger partial charge >= 0.3 is 6.98 Å². The first-order chi connectivity index (χ1) is 15.5. The molecule has 158 valence electrons. The predicted molar refractivity (Wildman–Crippen MR) is 129 cm³/mol. The molecule has 0 N–H and O–H groups in total.